The summed E-state index contributed by atoms with van der Waals surface area (Å²) in [5.74, 6) is -0.0759. The van der Waals surface area contributed by atoms with Crippen molar-refractivity contribution in [2.75, 3.05) is 0 Å². The second kappa shape index (κ2) is 4.31. The number of benzene rings is 1. The van der Waals surface area contributed by atoms with Gasteiger partial charge in [-0.15, -0.1) is 0 Å². The lowest BCUT2D eigenvalue weighted by atomic mass is 10.1. The van der Waals surface area contributed by atoms with Crippen molar-refractivity contribution < 1.29 is 13.2 Å². The van der Waals surface area contributed by atoms with Crippen molar-refractivity contribution >= 4 is 25.6 Å². The Bertz CT molecular complexity index is 568. The van der Waals surface area contributed by atoms with E-state index in [1.54, 1.807) is 12.1 Å². The van der Waals surface area contributed by atoms with E-state index in [0.717, 1.165) is 17.5 Å². The van der Waals surface area contributed by atoms with Crippen LogP contribution in [0.15, 0.2) is 23.1 Å². The molecule has 0 heterocycles. The molecule has 0 unspecified atom stereocenters. The van der Waals surface area contributed by atoms with Crippen LogP contribution < -0.4 is 5.32 Å². The van der Waals surface area contributed by atoms with Gasteiger partial charge >= 0.3 is 0 Å². The summed E-state index contributed by atoms with van der Waals surface area (Å²) in [6, 6.07) is 4.89. The van der Waals surface area contributed by atoms with Gasteiger partial charge in [0.05, 0.1) is 4.90 Å². The fourth-order valence-corrected chi connectivity index (χ4v) is 2.94. The Hall–Kier alpha value is -1.07. The lowest BCUT2D eigenvalue weighted by Crippen LogP contribution is -2.33. The monoisotopic (exact) mass is 273 g/mol. The number of hydrogen-bond acceptors (Lipinski definition) is 3. The average molecular weight is 274 g/mol. The topological polar surface area (TPSA) is 63.2 Å². The number of carbonyl (C=O) groups is 1. The molecule has 92 valence electrons. The molecule has 0 spiro atoms. The third-order valence-electron chi connectivity index (χ3n) is 2.80. The molecule has 1 N–H and O–H groups in total. The number of amides is 1. The zero-order valence-electron chi connectivity index (χ0n) is 9.23. The van der Waals surface area contributed by atoms with Crippen LogP contribution in [0, 0.1) is 0 Å². The zero-order chi connectivity index (χ0) is 12.6. The first-order valence-electron chi connectivity index (χ1n) is 5.20. The average Bonchev–Trinajstić information content (AvgIpc) is 2.55. The van der Waals surface area contributed by atoms with Gasteiger partial charge in [0.25, 0.3) is 9.05 Å². The SMILES string of the molecule is CC(=O)N[C@@H]1Cc2ccc(S(=O)(=O)Cl)cc2C1. The fraction of sp³-hybridized carbons (Fsp3) is 0.364. The van der Waals surface area contributed by atoms with Gasteiger partial charge in [-0.1, -0.05) is 6.07 Å². The largest absolute Gasteiger partial charge is 0.353 e. The van der Waals surface area contributed by atoms with E-state index in [1.165, 1.54) is 13.0 Å². The van der Waals surface area contributed by atoms with Crippen LogP contribution in [0.2, 0.25) is 0 Å². The molecule has 0 fully saturated rings. The van der Waals surface area contributed by atoms with Gasteiger partial charge in [0, 0.05) is 23.6 Å². The molecule has 0 radical (unpaired) electrons. The molecule has 6 heteroatoms. The molecular formula is C11H12ClNO3S. The third kappa shape index (κ3) is 2.79. The maximum absolute atomic E-state index is 11.2. The minimum absolute atomic E-state index is 0.0516. The quantitative estimate of drug-likeness (QED) is 0.824. The normalized spacial score (nSPS) is 18.8. The molecule has 0 saturated heterocycles. The number of carbonyl (C=O) groups excluding carboxylic acids is 1. The number of fused-ring (bicyclic) bond motifs is 1. The van der Waals surface area contributed by atoms with E-state index in [9.17, 15) is 13.2 Å². The van der Waals surface area contributed by atoms with Crippen molar-refractivity contribution in [3.63, 3.8) is 0 Å². The van der Waals surface area contributed by atoms with E-state index >= 15 is 0 Å². The van der Waals surface area contributed by atoms with E-state index in [4.69, 9.17) is 10.7 Å². The van der Waals surface area contributed by atoms with E-state index in [1.807, 2.05) is 0 Å². The van der Waals surface area contributed by atoms with Crippen molar-refractivity contribution in [1.82, 2.24) is 5.32 Å². The van der Waals surface area contributed by atoms with Gasteiger partial charge in [-0.05, 0) is 36.1 Å². The van der Waals surface area contributed by atoms with Gasteiger partial charge in [-0.3, -0.25) is 4.79 Å². The van der Waals surface area contributed by atoms with Crippen molar-refractivity contribution in [3.8, 4) is 0 Å². The summed E-state index contributed by atoms with van der Waals surface area (Å²) in [4.78, 5) is 11.1. The molecule has 1 aromatic rings. The minimum Gasteiger partial charge on any atom is -0.353 e. The number of halogens is 1. The van der Waals surface area contributed by atoms with Gasteiger partial charge in [-0.25, -0.2) is 8.42 Å². The predicted octanol–water partition coefficient (Wildman–Crippen LogP) is 1.22. The number of nitrogens with one attached hydrogen (secondary N) is 1. The highest BCUT2D eigenvalue weighted by molar-refractivity contribution is 8.13. The van der Waals surface area contributed by atoms with Crippen LogP contribution >= 0.6 is 10.7 Å². The molecule has 1 aliphatic carbocycles. The Morgan fingerprint density at radius 3 is 2.59 bits per heavy atom. The van der Waals surface area contributed by atoms with Crippen LogP contribution in [0.5, 0.6) is 0 Å². The first-order chi connectivity index (χ1) is 7.86. The van der Waals surface area contributed by atoms with Gasteiger partial charge < -0.3 is 5.32 Å². The molecule has 4 nitrogen and oxygen atoms in total. The smallest absolute Gasteiger partial charge is 0.261 e. The maximum Gasteiger partial charge on any atom is 0.261 e. The zero-order valence-corrected chi connectivity index (χ0v) is 10.8. The second-order valence-corrected chi connectivity index (χ2v) is 6.74. The summed E-state index contributed by atoms with van der Waals surface area (Å²) in [5, 5.41) is 2.83. The summed E-state index contributed by atoms with van der Waals surface area (Å²) in [7, 11) is 1.60. The molecule has 17 heavy (non-hydrogen) atoms. The van der Waals surface area contributed by atoms with Crippen LogP contribution in [0.3, 0.4) is 0 Å². The molecule has 1 aromatic carbocycles. The lowest BCUT2D eigenvalue weighted by molar-refractivity contribution is -0.119. The van der Waals surface area contributed by atoms with Crippen molar-refractivity contribution in [3.05, 3.63) is 29.3 Å². The first kappa shape index (κ1) is 12.4. The standard InChI is InChI=1S/C11H12ClNO3S/c1-7(14)13-10-4-8-2-3-11(17(12,15)16)6-9(8)5-10/h2-3,6,10H,4-5H2,1H3,(H,13,14)/t10-/m1/s1. The van der Waals surface area contributed by atoms with Crippen LogP contribution in [-0.4, -0.2) is 20.4 Å². The highest BCUT2D eigenvalue weighted by Gasteiger charge is 2.23. The van der Waals surface area contributed by atoms with Crippen molar-refractivity contribution in [1.29, 1.82) is 0 Å². The third-order valence-corrected chi connectivity index (χ3v) is 4.15. The second-order valence-electron chi connectivity index (χ2n) is 4.17. The molecule has 0 bridgehead atoms. The maximum atomic E-state index is 11.2. The fourth-order valence-electron chi connectivity index (χ4n) is 2.14. The Kier molecular flexibility index (Phi) is 3.14. The Labute approximate surface area is 104 Å². The summed E-state index contributed by atoms with van der Waals surface area (Å²) < 4.78 is 22.4. The van der Waals surface area contributed by atoms with Gasteiger partial charge in [-0.2, -0.15) is 0 Å². The van der Waals surface area contributed by atoms with Crippen molar-refractivity contribution in [2.24, 2.45) is 0 Å². The molecule has 1 atom stereocenters. The molecule has 1 amide bonds. The van der Waals surface area contributed by atoms with E-state index in [-0.39, 0.29) is 16.8 Å². The highest BCUT2D eigenvalue weighted by Crippen LogP contribution is 2.26. The van der Waals surface area contributed by atoms with Crippen LogP contribution in [0.4, 0.5) is 0 Å². The summed E-state index contributed by atoms with van der Waals surface area (Å²) in [5.41, 5.74) is 2.00. The predicted molar refractivity (Wildman–Crippen MR) is 64.5 cm³/mol. The Morgan fingerprint density at radius 1 is 1.35 bits per heavy atom. The molecule has 0 aromatic heterocycles. The summed E-state index contributed by atoms with van der Waals surface area (Å²) >= 11 is 0. The molecule has 1 aliphatic rings. The minimum atomic E-state index is -3.68. The molecular weight excluding hydrogens is 262 g/mol. The molecule has 0 saturated carbocycles. The van der Waals surface area contributed by atoms with E-state index < -0.39 is 9.05 Å². The van der Waals surface area contributed by atoms with Gasteiger partial charge in [0.2, 0.25) is 5.91 Å². The summed E-state index contributed by atoms with van der Waals surface area (Å²) in [6.07, 6.45) is 1.38. The Balaban J connectivity index is 2.25. The van der Waals surface area contributed by atoms with E-state index in [0.29, 0.717) is 6.42 Å². The van der Waals surface area contributed by atoms with Crippen LogP contribution in [-0.2, 0) is 26.7 Å². The van der Waals surface area contributed by atoms with Crippen LogP contribution in [0.1, 0.15) is 18.1 Å². The van der Waals surface area contributed by atoms with Crippen molar-refractivity contribution in [2.45, 2.75) is 30.7 Å². The molecule has 2 rings (SSSR count). The molecule has 0 aliphatic heterocycles. The number of rotatable bonds is 2. The number of hydrogen-bond donors (Lipinski definition) is 1. The first-order valence-corrected chi connectivity index (χ1v) is 7.51. The summed E-state index contributed by atoms with van der Waals surface area (Å²) in [6.45, 7) is 1.47. The van der Waals surface area contributed by atoms with Gasteiger partial charge in [0.1, 0.15) is 0 Å². The van der Waals surface area contributed by atoms with Crippen LogP contribution in [0.25, 0.3) is 0 Å². The Morgan fingerprint density at radius 2 is 2.00 bits per heavy atom. The lowest BCUT2D eigenvalue weighted by Gasteiger charge is -2.08. The highest BCUT2D eigenvalue weighted by atomic mass is 35.7. The van der Waals surface area contributed by atoms with Gasteiger partial charge in [0.15, 0.2) is 0 Å². The van der Waals surface area contributed by atoms with E-state index in [2.05, 4.69) is 5.32 Å².